The molecular weight excluding hydrogens is 678 g/mol. The topological polar surface area (TPSA) is 350 Å². The van der Waals surface area contributed by atoms with E-state index >= 15 is 0 Å². The van der Waals surface area contributed by atoms with Gasteiger partial charge in [0, 0.05) is 7.11 Å². The Bertz CT molecular complexity index is 1860. The SMILES string of the molecule is COC1[C@@H](OP(=O)(O)OC[C@H](CO)O[C@H](CO)n2cnc3c(=O)[nH]c(N)nc32)[C@@H](COP(=O)(O)O)O[C@H]1n1cnc2c(N)ncnc21. The molecule has 0 aliphatic carbocycles. The fourth-order valence-corrected chi connectivity index (χ4v) is 6.06. The highest BCUT2D eigenvalue weighted by Crippen LogP contribution is 2.50. The molecule has 7 atom stereocenters. The first-order valence-electron chi connectivity index (χ1n) is 13.3. The molecule has 47 heavy (non-hydrogen) atoms. The first kappa shape index (κ1) is 34.8. The second-order valence-corrected chi connectivity index (χ2v) is 12.5. The number of imidazole rings is 2. The van der Waals surface area contributed by atoms with Crippen molar-refractivity contribution < 1.29 is 61.8 Å². The molecule has 5 rings (SSSR count). The highest BCUT2D eigenvalue weighted by molar-refractivity contribution is 7.47. The number of anilines is 2. The van der Waals surface area contributed by atoms with Gasteiger partial charge in [0.1, 0.15) is 36.3 Å². The molecule has 0 bridgehead atoms. The monoisotopic (exact) mass is 708 g/mol. The normalized spacial score (nSPS) is 22.9. The number of phosphoric ester groups is 2. The third kappa shape index (κ3) is 7.65. The lowest BCUT2D eigenvalue weighted by molar-refractivity contribution is -0.111. The largest absolute Gasteiger partial charge is 0.472 e. The Hall–Kier alpha value is -3.48. The Morgan fingerprint density at radius 3 is 2.45 bits per heavy atom. The van der Waals surface area contributed by atoms with Gasteiger partial charge in [-0.05, 0) is 0 Å². The van der Waals surface area contributed by atoms with Gasteiger partial charge >= 0.3 is 15.6 Å². The minimum absolute atomic E-state index is 0.0440. The van der Waals surface area contributed by atoms with Gasteiger partial charge in [-0.1, -0.05) is 0 Å². The number of aliphatic hydroxyl groups excluding tert-OH is 2. The molecule has 26 heteroatoms. The van der Waals surface area contributed by atoms with Crippen molar-refractivity contribution >= 4 is 49.7 Å². The molecule has 5 heterocycles. The van der Waals surface area contributed by atoms with Crippen LogP contribution in [0.5, 0.6) is 0 Å². The summed E-state index contributed by atoms with van der Waals surface area (Å²) in [4.78, 5) is 63.5. The van der Waals surface area contributed by atoms with Crippen molar-refractivity contribution in [3.63, 3.8) is 0 Å². The molecule has 24 nitrogen and oxygen atoms in total. The molecule has 258 valence electrons. The molecule has 1 fully saturated rings. The van der Waals surface area contributed by atoms with Crippen LogP contribution in [-0.4, -0.2) is 122 Å². The van der Waals surface area contributed by atoms with Crippen LogP contribution in [0.15, 0.2) is 23.8 Å². The Kier molecular flexibility index (Phi) is 10.3. The van der Waals surface area contributed by atoms with Crippen molar-refractivity contribution in [1.82, 2.24) is 39.0 Å². The molecule has 0 amide bonds. The highest BCUT2D eigenvalue weighted by Gasteiger charge is 2.51. The molecule has 0 saturated carbocycles. The Balaban J connectivity index is 1.33. The first-order valence-corrected chi connectivity index (χ1v) is 16.3. The van der Waals surface area contributed by atoms with Gasteiger partial charge in [-0.25, -0.2) is 29.1 Å². The van der Waals surface area contributed by atoms with E-state index < -0.39 is 84.5 Å². The minimum Gasteiger partial charge on any atom is -0.394 e. The number of ether oxygens (including phenoxy) is 3. The molecule has 2 unspecified atom stereocenters. The summed E-state index contributed by atoms with van der Waals surface area (Å²) in [6, 6.07) is 0. The lowest BCUT2D eigenvalue weighted by atomic mass is 10.1. The van der Waals surface area contributed by atoms with Crippen molar-refractivity contribution in [1.29, 1.82) is 0 Å². The second-order valence-electron chi connectivity index (χ2n) is 9.82. The van der Waals surface area contributed by atoms with Gasteiger partial charge in [0.25, 0.3) is 5.56 Å². The van der Waals surface area contributed by atoms with E-state index in [1.165, 1.54) is 18.0 Å². The summed E-state index contributed by atoms with van der Waals surface area (Å²) in [5.41, 5.74) is 11.0. The van der Waals surface area contributed by atoms with Crippen LogP contribution < -0.4 is 17.0 Å². The van der Waals surface area contributed by atoms with Gasteiger partial charge in [-0.3, -0.25) is 32.5 Å². The number of nitrogens with one attached hydrogen (secondary N) is 1. The summed E-state index contributed by atoms with van der Waals surface area (Å²) in [6.07, 6.45) is -4.56. The van der Waals surface area contributed by atoms with Crippen LogP contribution >= 0.6 is 15.6 Å². The third-order valence-electron chi connectivity index (χ3n) is 6.77. The number of nitrogens with two attached hydrogens (primary N) is 2. The number of methoxy groups -OCH3 is 1. The van der Waals surface area contributed by atoms with E-state index in [0.29, 0.717) is 0 Å². The van der Waals surface area contributed by atoms with Crippen LogP contribution in [0.25, 0.3) is 22.3 Å². The zero-order valence-electron chi connectivity index (χ0n) is 24.1. The average molecular weight is 708 g/mol. The van der Waals surface area contributed by atoms with Gasteiger partial charge in [0.05, 0.1) is 39.1 Å². The zero-order chi connectivity index (χ0) is 34.1. The number of aliphatic hydroxyl groups is 2. The molecule has 10 N–H and O–H groups in total. The smallest absolute Gasteiger partial charge is 0.394 e. The van der Waals surface area contributed by atoms with Crippen molar-refractivity contribution in [3.8, 4) is 0 Å². The summed E-state index contributed by atoms with van der Waals surface area (Å²) in [5.74, 6) is -0.195. The molecule has 0 aromatic carbocycles. The molecule has 1 aliphatic heterocycles. The van der Waals surface area contributed by atoms with Crippen molar-refractivity contribution in [2.24, 2.45) is 0 Å². The summed E-state index contributed by atoms with van der Waals surface area (Å²) in [6.45, 7) is -3.12. The maximum absolute atomic E-state index is 13.2. The van der Waals surface area contributed by atoms with Crippen molar-refractivity contribution in [3.05, 3.63) is 29.3 Å². The summed E-state index contributed by atoms with van der Waals surface area (Å²) in [7, 11) is -8.93. The number of rotatable bonds is 15. The van der Waals surface area contributed by atoms with Gasteiger partial charge in [0.2, 0.25) is 5.95 Å². The Morgan fingerprint density at radius 2 is 1.77 bits per heavy atom. The number of hydrogen-bond donors (Lipinski definition) is 8. The summed E-state index contributed by atoms with van der Waals surface area (Å²) >= 11 is 0. The number of aromatic amines is 1. The van der Waals surface area contributed by atoms with Crippen molar-refractivity contribution in [2.75, 3.05) is 45.0 Å². The van der Waals surface area contributed by atoms with Gasteiger partial charge in [-0.2, -0.15) is 4.98 Å². The number of nitrogens with zero attached hydrogens (tertiary/aromatic N) is 7. The highest BCUT2D eigenvalue weighted by atomic mass is 31.2. The van der Waals surface area contributed by atoms with Crippen LogP contribution in [0.2, 0.25) is 0 Å². The third-order valence-corrected chi connectivity index (χ3v) is 8.25. The van der Waals surface area contributed by atoms with E-state index in [9.17, 15) is 38.8 Å². The predicted molar refractivity (Wildman–Crippen MR) is 154 cm³/mol. The van der Waals surface area contributed by atoms with Crippen LogP contribution in [0.4, 0.5) is 11.8 Å². The van der Waals surface area contributed by atoms with E-state index in [4.69, 9.17) is 34.7 Å². The minimum atomic E-state index is -5.11. The van der Waals surface area contributed by atoms with Gasteiger partial charge < -0.3 is 50.6 Å². The first-order chi connectivity index (χ1) is 22.2. The van der Waals surface area contributed by atoms with Crippen LogP contribution in [-0.2, 0) is 36.9 Å². The fourth-order valence-electron chi connectivity index (χ4n) is 4.74. The number of nitrogen functional groups attached to an aromatic ring is 2. The van der Waals surface area contributed by atoms with E-state index in [1.54, 1.807) is 0 Å². The van der Waals surface area contributed by atoms with E-state index in [-0.39, 0.29) is 34.1 Å². The van der Waals surface area contributed by atoms with Crippen LogP contribution in [0.3, 0.4) is 0 Å². The predicted octanol–water partition coefficient (Wildman–Crippen LogP) is -2.48. The van der Waals surface area contributed by atoms with Crippen molar-refractivity contribution in [2.45, 2.75) is 36.9 Å². The summed E-state index contributed by atoms with van der Waals surface area (Å²) < 4.78 is 59.2. The Labute approximate surface area is 262 Å². The lowest BCUT2D eigenvalue weighted by Crippen LogP contribution is -2.37. The maximum Gasteiger partial charge on any atom is 0.472 e. The molecule has 4 aromatic heterocycles. The maximum atomic E-state index is 13.2. The fraction of sp³-hybridized carbons (Fsp3) is 0.524. The molecule has 0 spiro atoms. The Morgan fingerprint density at radius 1 is 1.02 bits per heavy atom. The van der Waals surface area contributed by atoms with E-state index in [0.717, 1.165) is 17.2 Å². The lowest BCUT2D eigenvalue weighted by Gasteiger charge is -2.27. The molecule has 0 radical (unpaired) electrons. The number of H-pyrrole nitrogens is 1. The number of hydrogen-bond acceptors (Lipinski definition) is 18. The number of aromatic nitrogens is 8. The standard InChI is InChI=1S/C21H30N10O14P2/c1-40-15-14(10(5-41-46(35,36)37)44-20(15)31-8-26-12-16(22)24-6-25-17(12)31)45-47(38,39)42-4-9(2-32)43-11(3-33)30-7-27-13-18(30)28-21(23)29-19(13)34/h6-11,14-15,20,32-33H,2-5H2,1H3,(H,38,39)(H2,22,24,25)(H2,35,36,37)(H3,23,28,29,34)/t9-,10+,11+,14-,15?,20+/m0/s1. The average Bonchev–Trinajstić information content (AvgIpc) is 3.72. The number of fused-ring (bicyclic) bond motifs is 2. The molecule has 1 aliphatic rings. The van der Waals surface area contributed by atoms with Crippen LogP contribution in [0.1, 0.15) is 12.5 Å². The van der Waals surface area contributed by atoms with Gasteiger partial charge in [0.15, 0.2) is 35.1 Å². The molecule has 1 saturated heterocycles. The quantitative estimate of drug-likeness (QED) is 0.0592. The second kappa shape index (κ2) is 13.9. The van der Waals surface area contributed by atoms with Crippen LogP contribution in [0, 0.1) is 0 Å². The molecular formula is C21H30N10O14P2. The zero-order valence-corrected chi connectivity index (χ0v) is 25.9. The van der Waals surface area contributed by atoms with E-state index in [2.05, 4.69) is 34.4 Å². The van der Waals surface area contributed by atoms with E-state index in [1.807, 2.05) is 0 Å². The number of phosphoric acid groups is 2. The van der Waals surface area contributed by atoms with Gasteiger partial charge in [-0.15, -0.1) is 0 Å². The summed E-state index contributed by atoms with van der Waals surface area (Å²) in [5, 5.41) is 19.8. The molecule has 4 aromatic rings.